The summed E-state index contributed by atoms with van der Waals surface area (Å²) in [5.41, 5.74) is 5.22. The van der Waals surface area contributed by atoms with Crippen LogP contribution in [0.15, 0.2) is 83.9 Å². The van der Waals surface area contributed by atoms with Crippen LogP contribution in [-0.4, -0.2) is 20.6 Å². The lowest BCUT2D eigenvalue weighted by atomic mass is 10.1. The number of aryl methyl sites for hydroxylation is 1. The fourth-order valence-corrected chi connectivity index (χ4v) is 5.37. The van der Waals surface area contributed by atoms with Crippen molar-refractivity contribution in [2.45, 2.75) is 26.4 Å². The first-order valence-corrected chi connectivity index (χ1v) is 12.4. The number of para-hydroxylation sites is 1. The molecule has 0 radical (unpaired) electrons. The number of carbonyl (C=O) groups excluding carboxylic acids is 2. The monoisotopic (exact) mass is 486 g/mol. The molecule has 4 nitrogen and oxygen atoms in total. The van der Waals surface area contributed by atoms with Crippen molar-refractivity contribution in [1.82, 2.24) is 9.47 Å². The maximum atomic E-state index is 13.1. The van der Waals surface area contributed by atoms with Gasteiger partial charge < -0.3 is 4.57 Å². The lowest BCUT2D eigenvalue weighted by molar-refractivity contribution is -0.123. The summed E-state index contributed by atoms with van der Waals surface area (Å²) < 4.78 is 2.19. The van der Waals surface area contributed by atoms with Gasteiger partial charge in [-0.05, 0) is 47.0 Å². The van der Waals surface area contributed by atoms with E-state index < -0.39 is 0 Å². The average Bonchev–Trinajstić information content (AvgIpc) is 3.33. The number of carbonyl (C=O) groups is 2. The van der Waals surface area contributed by atoms with E-state index in [0.717, 1.165) is 50.8 Å². The minimum Gasteiger partial charge on any atom is -0.342 e. The number of amides is 2. The van der Waals surface area contributed by atoms with Crippen LogP contribution in [0.1, 0.15) is 29.2 Å². The molecule has 0 saturated carbocycles. The highest BCUT2D eigenvalue weighted by Crippen LogP contribution is 2.36. The van der Waals surface area contributed by atoms with Gasteiger partial charge in [-0.25, -0.2) is 0 Å². The molecule has 170 valence electrons. The van der Waals surface area contributed by atoms with Crippen molar-refractivity contribution in [3.8, 4) is 0 Å². The average molecular weight is 487 g/mol. The summed E-state index contributed by atoms with van der Waals surface area (Å²) in [7, 11) is 0. The molecule has 34 heavy (non-hydrogen) atoms. The Morgan fingerprint density at radius 2 is 1.62 bits per heavy atom. The Bertz CT molecular complexity index is 1430. The zero-order valence-electron chi connectivity index (χ0n) is 18.7. The number of rotatable bonds is 6. The standard InChI is InChI=1S/C28H23ClN2O2S/c1-2-20-12-8-13-23-22(18-30(26(20)23)17-21-11-6-7-14-24(21)29)15-25-27(32)31(28(33)34-25)16-19-9-4-3-5-10-19/h3-15,18H,2,16-17H2,1H3/b25-15-. The third kappa shape index (κ3) is 4.29. The molecule has 0 atom stereocenters. The fraction of sp³-hybridized carbons (Fsp3) is 0.143. The van der Waals surface area contributed by atoms with Gasteiger partial charge in [0, 0.05) is 28.7 Å². The summed E-state index contributed by atoms with van der Waals surface area (Å²) in [6.45, 7) is 3.03. The van der Waals surface area contributed by atoms with Gasteiger partial charge in [0.05, 0.1) is 17.0 Å². The number of halogens is 1. The van der Waals surface area contributed by atoms with E-state index in [2.05, 4.69) is 29.8 Å². The van der Waals surface area contributed by atoms with Crippen LogP contribution >= 0.6 is 23.4 Å². The van der Waals surface area contributed by atoms with Gasteiger partial charge in [-0.3, -0.25) is 14.5 Å². The highest BCUT2D eigenvalue weighted by Gasteiger charge is 2.35. The Kier molecular flexibility index (Phi) is 6.31. The molecule has 0 unspecified atom stereocenters. The predicted molar refractivity (Wildman–Crippen MR) is 140 cm³/mol. The third-order valence-corrected chi connectivity index (χ3v) is 7.31. The van der Waals surface area contributed by atoms with Crippen LogP contribution in [0.2, 0.25) is 5.02 Å². The molecule has 1 aliphatic heterocycles. The largest absolute Gasteiger partial charge is 0.342 e. The van der Waals surface area contributed by atoms with Crippen LogP contribution in [0.3, 0.4) is 0 Å². The summed E-state index contributed by atoms with van der Waals surface area (Å²) in [5.74, 6) is -0.252. The zero-order valence-corrected chi connectivity index (χ0v) is 20.3. The van der Waals surface area contributed by atoms with Crippen molar-refractivity contribution < 1.29 is 9.59 Å². The van der Waals surface area contributed by atoms with Gasteiger partial charge in [0.25, 0.3) is 11.1 Å². The second-order valence-corrected chi connectivity index (χ2v) is 9.62. The number of nitrogens with zero attached hydrogens (tertiary/aromatic N) is 2. The van der Waals surface area contributed by atoms with E-state index in [9.17, 15) is 9.59 Å². The Hall–Kier alpha value is -3.28. The van der Waals surface area contributed by atoms with Crippen LogP contribution in [0.4, 0.5) is 4.79 Å². The van der Waals surface area contributed by atoms with Gasteiger partial charge in [0.1, 0.15) is 0 Å². The van der Waals surface area contributed by atoms with Crippen LogP contribution in [0, 0.1) is 0 Å². The summed E-state index contributed by atoms with van der Waals surface area (Å²) in [5, 5.41) is 1.54. The van der Waals surface area contributed by atoms with Gasteiger partial charge in [-0.15, -0.1) is 0 Å². The normalized spacial score (nSPS) is 15.1. The molecule has 2 amide bonds. The van der Waals surface area contributed by atoms with Crippen molar-refractivity contribution in [2.24, 2.45) is 0 Å². The maximum Gasteiger partial charge on any atom is 0.293 e. The number of hydrogen-bond donors (Lipinski definition) is 0. The molecular weight excluding hydrogens is 464 g/mol. The van der Waals surface area contributed by atoms with Crippen molar-refractivity contribution in [2.75, 3.05) is 0 Å². The van der Waals surface area contributed by atoms with E-state index in [-0.39, 0.29) is 17.7 Å². The highest BCUT2D eigenvalue weighted by atomic mass is 35.5. The van der Waals surface area contributed by atoms with E-state index in [1.807, 2.05) is 66.7 Å². The van der Waals surface area contributed by atoms with Crippen molar-refractivity contribution in [3.05, 3.63) is 111 Å². The highest BCUT2D eigenvalue weighted by molar-refractivity contribution is 8.18. The number of benzene rings is 3. The molecule has 6 heteroatoms. The van der Waals surface area contributed by atoms with Gasteiger partial charge in [-0.1, -0.05) is 85.3 Å². The maximum absolute atomic E-state index is 13.1. The number of imide groups is 1. The summed E-state index contributed by atoms with van der Waals surface area (Å²) in [6, 6.07) is 23.6. The van der Waals surface area contributed by atoms with Crippen LogP contribution in [-0.2, 0) is 24.3 Å². The summed E-state index contributed by atoms with van der Waals surface area (Å²) in [4.78, 5) is 27.5. The number of hydrogen-bond acceptors (Lipinski definition) is 3. The zero-order chi connectivity index (χ0) is 23.7. The first-order valence-electron chi connectivity index (χ1n) is 11.2. The molecule has 0 aliphatic carbocycles. The topological polar surface area (TPSA) is 42.3 Å². The van der Waals surface area contributed by atoms with Crippen molar-refractivity contribution in [1.29, 1.82) is 0 Å². The number of fused-ring (bicyclic) bond motifs is 1. The van der Waals surface area contributed by atoms with Crippen molar-refractivity contribution in [3.63, 3.8) is 0 Å². The van der Waals surface area contributed by atoms with Crippen molar-refractivity contribution >= 4 is 51.5 Å². The van der Waals surface area contributed by atoms with Crippen LogP contribution < -0.4 is 0 Å². The van der Waals surface area contributed by atoms with Gasteiger partial charge in [-0.2, -0.15) is 0 Å². The molecule has 5 rings (SSSR count). The first kappa shape index (κ1) is 22.5. The second kappa shape index (κ2) is 9.53. The van der Waals surface area contributed by atoms with E-state index in [1.165, 1.54) is 10.5 Å². The Labute approximate surface area is 207 Å². The Morgan fingerprint density at radius 1 is 0.882 bits per heavy atom. The summed E-state index contributed by atoms with van der Waals surface area (Å²) >= 11 is 7.44. The van der Waals surface area contributed by atoms with E-state index in [4.69, 9.17) is 11.6 Å². The molecule has 4 aromatic rings. The summed E-state index contributed by atoms with van der Waals surface area (Å²) in [6.07, 6.45) is 4.79. The quantitative estimate of drug-likeness (QED) is 0.272. The van der Waals surface area contributed by atoms with E-state index in [0.29, 0.717) is 11.4 Å². The minimum atomic E-state index is -0.252. The smallest absolute Gasteiger partial charge is 0.293 e. The molecule has 3 aromatic carbocycles. The van der Waals surface area contributed by atoms with Gasteiger partial charge >= 0.3 is 0 Å². The third-order valence-electron chi connectivity index (χ3n) is 6.04. The molecule has 1 aliphatic rings. The van der Waals surface area contributed by atoms with E-state index >= 15 is 0 Å². The molecule has 1 saturated heterocycles. The Morgan fingerprint density at radius 3 is 2.38 bits per heavy atom. The molecule has 2 heterocycles. The minimum absolute atomic E-state index is 0.242. The molecule has 1 fully saturated rings. The lowest BCUT2D eigenvalue weighted by Gasteiger charge is -2.12. The van der Waals surface area contributed by atoms with Gasteiger partial charge in [0.2, 0.25) is 0 Å². The van der Waals surface area contributed by atoms with Crippen LogP contribution in [0.25, 0.3) is 17.0 Å². The predicted octanol–water partition coefficient (Wildman–Crippen LogP) is 7.14. The molecular formula is C28H23ClN2O2S. The fourth-order valence-electron chi connectivity index (χ4n) is 4.34. The number of aromatic nitrogens is 1. The first-order chi connectivity index (χ1) is 16.5. The van der Waals surface area contributed by atoms with Gasteiger partial charge in [0.15, 0.2) is 0 Å². The second-order valence-electron chi connectivity index (χ2n) is 8.22. The molecule has 1 aromatic heterocycles. The Balaban J connectivity index is 1.53. The SMILES string of the molecule is CCc1cccc2c(/C=C3\SC(=O)N(Cc4ccccc4)C3=O)cn(Cc3ccccc3Cl)c12. The molecule has 0 N–H and O–H groups in total. The lowest BCUT2D eigenvalue weighted by Crippen LogP contribution is -2.27. The van der Waals surface area contributed by atoms with E-state index in [1.54, 1.807) is 0 Å². The van der Waals surface area contributed by atoms with Crippen LogP contribution in [0.5, 0.6) is 0 Å². The molecule has 0 bridgehead atoms. The molecule has 0 spiro atoms. The number of thioether (sulfide) groups is 1.